The van der Waals surface area contributed by atoms with E-state index in [1.54, 1.807) is 6.07 Å². The van der Waals surface area contributed by atoms with Gasteiger partial charge in [0.25, 0.3) is 0 Å². The predicted octanol–water partition coefficient (Wildman–Crippen LogP) is 3.86. The van der Waals surface area contributed by atoms with E-state index in [0.717, 1.165) is 17.5 Å². The maximum atomic E-state index is 14.5. The smallest absolute Gasteiger partial charge is 0.224 e. The lowest BCUT2D eigenvalue weighted by molar-refractivity contribution is -0.122. The van der Waals surface area contributed by atoms with Gasteiger partial charge in [-0.1, -0.05) is 29.8 Å². The fraction of sp³-hybridized carbons (Fsp3) is 0.409. The number of hydrogen-bond donors (Lipinski definition) is 2. The Hall–Kier alpha value is -2.11. The van der Waals surface area contributed by atoms with Gasteiger partial charge < -0.3 is 15.3 Å². The van der Waals surface area contributed by atoms with Crippen molar-refractivity contribution in [2.75, 3.05) is 18.0 Å². The second kappa shape index (κ2) is 8.10. The van der Waals surface area contributed by atoms with E-state index >= 15 is 0 Å². The fourth-order valence-corrected chi connectivity index (χ4v) is 4.13. The number of aliphatic hydroxyl groups is 1. The van der Waals surface area contributed by atoms with Crippen molar-refractivity contribution >= 4 is 23.2 Å². The van der Waals surface area contributed by atoms with Gasteiger partial charge in [-0.15, -0.1) is 0 Å². The van der Waals surface area contributed by atoms with Gasteiger partial charge in [0.1, 0.15) is 5.82 Å². The molecule has 1 heterocycles. The van der Waals surface area contributed by atoms with Crippen LogP contribution in [0.4, 0.5) is 10.1 Å². The molecule has 2 atom stereocenters. The molecule has 28 heavy (non-hydrogen) atoms. The molecule has 0 aromatic heterocycles. The molecule has 1 amide bonds. The number of nitrogens with zero attached hydrogens (tertiary/aromatic N) is 1. The molecular formula is C22H24ClFN2O2. The van der Waals surface area contributed by atoms with E-state index in [4.69, 9.17) is 11.6 Å². The summed E-state index contributed by atoms with van der Waals surface area (Å²) in [5, 5.41) is 13.2. The Morgan fingerprint density at radius 2 is 2.00 bits per heavy atom. The average molecular weight is 403 g/mol. The summed E-state index contributed by atoms with van der Waals surface area (Å²) in [6.07, 6.45) is 1.85. The van der Waals surface area contributed by atoms with E-state index in [1.807, 2.05) is 35.2 Å². The van der Waals surface area contributed by atoms with Gasteiger partial charge in [0, 0.05) is 30.6 Å². The third kappa shape index (κ3) is 4.31. The van der Waals surface area contributed by atoms with E-state index in [2.05, 4.69) is 5.32 Å². The van der Waals surface area contributed by atoms with E-state index < -0.39 is 0 Å². The zero-order valence-corrected chi connectivity index (χ0v) is 16.3. The van der Waals surface area contributed by atoms with Crippen LogP contribution in [-0.2, 0) is 11.3 Å². The number of piperidine rings is 1. The number of anilines is 1. The second-order valence-electron chi connectivity index (χ2n) is 7.73. The molecule has 2 aromatic rings. The second-order valence-corrected chi connectivity index (χ2v) is 8.16. The lowest BCUT2D eigenvalue weighted by Gasteiger charge is -2.31. The van der Waals surface area contributed by atoms with Crippen molar-refractivity contribution in [1.82, 2.24) is 5.32 Å². The van der Waals surface area contributed by atoms with E-state index in [9.17, 15) is 14.3 Å². The van der Waals surface area contributed by atoms with Crippen LogP contribution in [0.2, 0.25) is 5.02 Å². The normalized spacial score (nSPS) is 22.2. The van der Waals surface area contributed by atoms with Crippen molar-refractivity contribution < 1.29 is 14.3 Å². The van der Waals surface area contributed by atoms with Crippen molar-refractivity contribution in [3.63, 3.8) is 0 Å². The van der Waals surface area contributed by atoms with E-state index in [1.165, 1.54) is 6.07 Å². The molecule has 1 saturated carbocycles. The molecule has 0 bridgehead atoms. The SMILES string of the molecule is O=C(NCc1ccc(N2CCC(O)CC2)c(F)c1)[C@@H]1C[C@@H]1c1cccc(Cl)c1. The first-order valence-electron chi connectivity index (χ1n) is 9.76. The molecule has 4 nitrogen and oxygen atoms in total. The minimum Gasteiger partial charge on any atom is -0.393 e. The topological polar surface area (TPSA) is 52.6 Å². The number of hydrogen-bond acceptors (Lipinski definition) is 3. The summed E-state index contributed by atoms with van der Waals surface area (Å²) in [7, 11) is 0. The summed E-state index contributed by atoms with van der Waals surface area (Å²) in [6.45, 7) is 1.62. The van der Waals surface area contributed by atoms with Gasteiger partial charge >= 0.3 is 0 Å². The summed E-state index contributed by atoms with van der Waals surface area (Å²) >= 11 is 6.02. The molecule has 148 valence electrons. The Kier molecular flexibility index (Phi) is 5.56. The number of amides is 1. The molecule has 1 aliphatic heterocycles. The first-order chi connectivity index (χ1) is 13.5. The van der Waals surface area contributed by atoms with Gasteiger partial charge in [-0.25, -0.2) is 4.39 Å². The Labute approximate surface area is 169 Å². The van der Waals surface area contributed by atoms with Crippen molar-refractivity contribution in [2.24, 2.45) is 5.92 Å². The molecule has 2 aliphatic rings. The standard InChI is InChI=1S/C22H24ClFN2O2/c23-16-3-1-2-15(11-16)18-12-19(18)22(28)25-13-14-4-5-21(20(24)10-14)26-8-6-17(27)7-9-26/h1-5,10-11,17-19,27H,6-9,12-13H2,(H,25,28)/t18-,19-/m1/s1. The lowest BCUT2D eigenvalue weighted by Crippen LogP contribution is -2.36. The highest BCUT2D eigenvalue weighted by atomic mass is 35.5. The lowest BCUT2D eigenvalue weighted by atomic mass is 10.1. The first kappa shape index (κ1) is 19.2. The van der Waals surface area contributed by atoms with Crippen LogP contribution in [0.15, 0.2) is 42.5 Å². The number of carbonyl (C=O) groups excluding carboxylic acids is 1. The molecule has 2 aromatic carbocycles. The minimum absolute atomic E-state index is 0.000483. The Balaban J connectivity index is 1.31. The summed E-state index contributed by atoms with van der Waals surface area (Å²) in [5.74, 6) is -0.111. The number of rotatable bonds is 5. The monoisotopic (exact) mass is 402 g/mol. The quantitative estimate of drug-likeness (QED) is 0.798. The number of nitrogens with one attached hydrogen (secondary N) is 1. The van der Waals surface area contributed by atoms with Gasteiger partial charge in [-0.05, 0) is 60.6 Å². The van der Waals surface area contributed by atoms with Gasteiger partial charge in [-0.2, -0.15) is 0 Å². The van der Waals surface area contributed by atoms with Gasteiger partial charge in [-0.3, -0.25) is 4.79 Å². The summed E-state index contributed by atoms with van der Waals surface area (Å²) in [6, 6.07) is 12.7. The minimum atomic E-state index is -0.286. The van der Waals surface area contributed by atoms with E-state index in [-0.39, 0.29) is 29.7 Å². The van der Waals surface area contributed by atoms with Crippen molar-refractivity contribution in [2.45, 2.75) is 37.8 Å². The van der Waals surface area contributed by atoms with Crippen molar-refractivity contribution in [1.29, 1.82) is 0 Å². The zero-order valence-electron chi connectivity index (χ0n) is 15.6. The molecule has 1 saturated heterocycles. The van der Waals surface area contributed by atoms with Crippen LogP contribution in [0.25, 0.3) is 0 Å². The third-order valence-corrected chi connectivity index (χ3v) is 5.92. The van der Waals surface area contributed by atoms with Crippen molar-refractivity contribution in [3.05, 3.63) is 64.4 Å². The number of halogens is 2. The fourth-order valence-electron chi connectivity index (χ4n) is 3.93. The summed E-state index contributed by atoms with van der Waals surface area (Å²) in [5.41, 5.74) is 2.39. The highest BCUT2D eigenvalue weighted by molar-refractivity contribution is 6.30. The van der Waals surface area contributed by atoms with E-state index in [0.29, 0.717) is 43.2 Å². The maximum Gasteiger partial charge on any atom is 0.224 e. The Morgan fingerprint density at radius 3 is 2.71 bits per heavy atom. The van der Waals surface area contributed by atoms with Crippen molar-refractivity contribution in [3.8, 4) is 0 Å². The molecule has 6 heteroatoms. The Bertz CT molecular complexity index is 867. The molecule has 1 aliphatic carbocycles. The molecular weight excluding hydrogens is 379 g/mol. The van der Waals surface area contributed by atoms with Crippen LogP contribution in [-0.4, -0.2) is 30.2 Å². The van der Waals surface area contributed by atoms with Crippen LogP contribution in [0.5, 0.6) is 0 Å². The van der Waals surface area contributed by atoms with Crippen LogP contribution in [0.1, 0.15) is 36.3 Å². The molecule has 0 radical (unpaired) electrons. The van der Waals surface area contributed by atoms with Gasteiger partial charge in [0.2, 0.25) is 5.91 Å². The number of aliphatic hydroxyl groups excluding tert-OH is 1. The molecule has 2 N–H and O–H groups in total. The zero-order chi connectivity index (χ0) is 19.7. The molecule has 4 rings (SSSR count). The molecule has 2 fully saturated rings. The number of carbonyl (C=O) groups is 1. The Morgan fingerprint density at radius 1 is 1.21 bits per heavy atom. The van der Waals surface area contributed by atoms with Crippen LogP contribution in [0, 0.1) is 11.7 Å². The molecule has 0 unspecified atom stereocenters. The first-order valence-corrected chi connectivity index (χ1v) is 10.1. The molecule has 0 spiro atoms. The largest absolute Gasteiger partial charge is 0.393 e. The van der Waals surface area contributed by atoms with Gasteiger partial charge in [0.15, 0.2) is 0 Å². The third-order valence-electron chi connectivity index (χ3n) is 5.69. The number of benzene rings is 2. The van der Waals surface area contributed by atoms with Crippen LogP contribution >= 0.6 is 11.6 Å². The summed E-state index contributed by atoms with van der Waals surface area (Å²) < 4.78 is 14.5. The van der Waals surface area contributed by atoms with Crippen LogP contribution in [0.3, 0.4) is 0 Å². The van der Waals surface area contributed by atoms with Crippen LogP contribution < -0.4 is 10.2 Å². The predicted molar refractivity (Wildman–Crippen MR) is 108 cm³/mol. The van der Waals surface area contributed by atoms with Gasteiger partial charge in [0.05, 0.1) is 11.8 Å². The highest BCUT2D eigenvalue weighted by Gasteiger charge is 2.43. The maximum absolute atomic E-state index is 14.5. The summed E-state index contributed by atoms with van der Waals surface area (Å²) in [4.78, 5) is 14.4. The average Bonchev–Trinajstić information content (AvgIpc) is 3.48. The highest BCUT2D eigenvalue weighted by Crippen LogP contribution is 2.48.